The van der Waals surface area contributed by atoms with Gasteiger partial charge in [0, 0.05) is 7.11 Å². The van der Waals surface area contributed by atoms with E-state index < -0.39 is 141 Å². The van der Waals surface area contributed by atoms with E-state index in [1.54, 1.807) is 0 Å². The summed E-state index contributed by atoms with van der Waals surface area (Å²) in [6.07, 6.45) is -15.3. The van der Waals surface area contributed by atoms with Crippen molar-refractivity contribution < 1.29 is 104 Å². The van der Waals surface area contributed by atoms with Gasteiger partial charge >= 0.3 is 36.5 Å². The highest BCUT2D eigenvalue weighted by atomic mass is 31.3. The average molecular weight is 1140 g/mol. The third-order valence-electron chi connectivity index (χ3n) is 11.8. The summed E-state index contributed by atoms with van der Waals surface area (Å²) in [4.78, 5) is 96.3. The number of phosphoric acid groups is 2. The van der Waals surface area contributed by atoms with Crippen molar-refractivity contribution in [2.75, 3.05) is 50.0 Å². The Labute approximate surface area is 415 Å². The van der Waals surface area contributed by atoms with Gasteiger partial charge in [-0.1, -0.05) is 4.98 Å². The molecule has 0 aromatic carbocycles. The molecule has 0 aliphatic carbocycles. The Balaban J connectivity index is 0.862. The number of aliphatic hydroxyl groups excluding tert-OH is 4. The van der Waals surface area contributed by atoms with Crippen molar-refractivity contribution in [1.82, 2.24) is 53.6 Å². The quantitative estimate of drug-likeness (QED) is 0.0268. The molecule has 38 nitrogen and oxygen atoms in total. The molecular weight excluding hydrogens is 1100 g/mol. The molecule has 75 heavy (non-hydrogen) atoms. The zero-order valence-electron chi connectivity index (χ0n) is 38.3. The smallest absolute Gasteiger partial charge is 0.387 e. The summed E-state index contributed by atoms with van der Waals surface area (Å²) in [7, 11) is -19.7. The van der Waals surface area contributed by atoms with E-state index in [0.717, 1.165) is 28.9 Å². The van der Waals surface area contributed by atoms with Crippen LogP contribution in [0.25, 0.3) is 33.5 Å². The monoisotopic (exact) mass is 1140 g/mol. The van der Waals surface area contributed by atoms with Crippen LogP contribution in [0.5, 0.6) is 0 Å². The van der Waals surface area contributed by atoms with Crippen LogP contribution in [-0.2, 0) is 66.7 Å². The van der Waals surface area contributed by atoms with Gasteiger partial charge in [-0.05, 0) is 0 Å². The average Bonchev–Trinajstić information content (AvgIpc) is 4.17. The first-order chi connectivity index (χ1) is 35.2. The Bertz CT molecular complexity index is 3470. The number of aryl methyl sites for hydroxylation is 1. The Hall–Kier alpha value is -5.11. The second-order valence-corrected chi connectivity index (χ2v) is 24.1. The SMILES string of the molecule is COC1C(OP(=O)(O)OCC2OC(n3cnc4c(=O)[nH]c(N)nc43)C(O)C2O)C(COP(=O)(O)CP(=O)(O)OP(=O)(O)OCC2OC([n+]3cn(C)c4c(=O)[nH]c(N)nc43)C(O)C2O)OC1n1cnc2c(N)ncnc21. The number of aliphatic hydroxyl groups is 4. The zero-order valence-corrected chi connectivity index (χ0v) is 41.8. The van der Waals surface area contributed by atoms with Crippen molar-refractivity contribution in [1.29, 1.82) is 0 Å². The summed E-state index contributed by atoms with van der Waals surface area (Å²) in [5.74, 6) is -2.57. The molecule has 16 N–H and O–H groups in total. The number of nitrogen functional groups attached to an aromatic ring is 3. The van der Waals surface area contributed by atoms with Gasteiger partial charge in [-0.2, -0.15) is 4.98 Å². The Morgan fingerprint density at radius 1 is 0.693 bits per heavy atom. The number of rotatable bonds is 19. The number of nitrogens with zero attached hydrogens (tertiary/aromatic N) is 10. The van der Waals surface area contributed by atoms with Gasteiger partial charge in [0.05, 0.1) is 39.5 Å². The summed E-state index contributed by atoms with van der Waals surface area (Å²) < 4.78 is 106. The fourth-order valence-corrected chi connectivity index (χ4v) is 14.4. The highest BCUT2D eigenvalue weighted by Crippen LogP contribution is 2.66. The number of anilines is 3. The third-order valence-corrected chi connectivity index (χ3v) is 18.5. The maximum Gasteiger partial charge on any atom is 0.479 e. The van der Waals surface area contributed by atoms with Crippen molar-refractivity contribution in [3.63, 3.8) is 0 Å². The number of methoxy groups -OCH3 is 1. The van der Waals surface area contributed by atoms with Crippen molar-refractivity contribution in [2.45, 2.75) is 73.6 Å². The lowest BCUT2D eigenvalue weighted by Crippen LogP contribution is -2.46. The Morgan fingerprint density at radius 2 is 1.29 bits per heavy atom. The largest absolute Gasteiger partial charge is 0.479 e. The normalized spacial score (nSPS) is 30.5. The summed E-state index contributed by atoms with van der Waals surface area (Å²) >= 11 is 0. The second-order valence-electron chi connectivity index (χ2n) is 16.9. The predicted octanol–water partition coefficient (Wildman–Crippen LogP) is -4.60. The third kappa shape index (κ3) is 10.9. The molecular formula is C33H46N15O23P4+. The van der Waals surface area contributed by atoms with Crippen LogP contribution in [0.2, 0.25) is 0 Å². The van der Waals surface area contributed by atoms with Crippen molar-refractivity contribution in [3.05, 3.63) is 46.0 Å². The first kappa shape index (κ1) is 54.7. The molecule has 0 radical (unpaired) electrons. The number of imidazole rings is 3. The molecule has 9 rings (SSSR count). The molecule has 0 amide bonds. The molecule has 9 heterocycles. The number of nitrogens with one attached hydrogen (secondary N) is 2. The highest BCUT2D eigenvalue weighted by molar-refractivity contribution is 7.74. The molecule has 3 aliphatic heterocycles. The van der Waals surface area contributed by atoms with Crippen LogP contribution in [0.1, 0.15) is 18.7 Å². The van der Waals surface area contributed by atoms with E-state index >= 15 is 0 Å². The zero-order chi connectivity index (χ0) is 54.3. The molecule has 3 fully saturated rings. The van der Waals surface area contributed by atoms with E-state index in [1.165, 1.54) is 28.8 Å². The van der Waals surface area contributed by atoms with E-state index in [9.17, 15) is 67.8 Å². The van der Waals surface area contributed by atoms with Gasteiger partial charge in [0.25, 0.3) is 17.1 Å². The molecule has 3 aliphatic rings. The number of phosphoric ester groups is 2. The summed E-state index contributed by atoms with van der Waals surface area (Å²) in [5.41, 5.74) is 15.5. The number of nitrogens with two attached hydrogens (primary N) is 3. The molecule has 0 saturated carbocycles. The molecule has 3 saturated heterocycles. The number of hydrogen-bond donors (Lipinski definition) is 13. The lowest BCUT2D eigenvalue weighted by Gasteiger charge is -2.26. The van der Waals surface area contributed by atoms with E-state index in [-0.39, 0.29) is 51.2 Å². The predicted molar refractivity (Wildman–Crippen MR) is 243 cm³/mol. The number of H-pyrrole nitrogens is 2. The van der Waals surface area contributed by atoms with Gasteiger partial charge in [0.2, 0.25) is 17.7 Å². The van der Waals surface area contributed by atoms with Crippen molar-refractivity contribution >= 4 is 82.0 Å². The van der Waals surface area contributed by atoms with Crippen molar-refractivity contribution in [2.24, 2.45) is 7.05 Å². The molecule has 410 valence electrons. The maximum atomic E-state index is 13.7. The van der Waals surface area contributed by atoms with Gasteiger partial charge in [0.1, 0.15) is 66.8 Å². The topological polar surface area (TPSA) is 553 Å². The number of aromatic nitrogens is 12. The Morgan fingerprint density at radius 3 is 2.00 bits per heavy atom. The van der Waals surface area contributed by atoms with Crippen LogP contribution in [0.3, 0.4) is 0 Å². The Kier molecular flexibility index (Phi) is 14.8. The molecule has 6 aromatic heterocycles. The molecule has 0 bridgehead atoms. The summed E-state index contributed by atoms with van der Waals surface area (Å²) in [6, 6.07) is 0. The van der Waals surface area contributed by atoms with Crippen LogP contribution in [-0.4, -0.2) is 181 Å². The molecule has 16 atom stereocenters. The summed E-state index contributed by atoms with van der Waals surface area (Å²) in [6.45, 7) is -3.20. The number of aromatic amines is 2. The first-order valence-electron chi connectivity index (χ1n) is 21.4. The summed E-state index contributed by atoms with van der Waals surface area (Å²) in [5, 5.41) is 43.2. The molecule has 16 unspecified atom stereocenters. The van der Waals surface area contributed by atoms with Gasteiger partial charge in [-0.15, -0.1) is 0 Å². The van der Waals surface area contributed by atoms with E-state index in [1.807, 2.05) is 0 Å². The van der Waals surface area contributed by atoms with Crippen molar-refractivity contribution in [3.8, 4) is 0 Å². The molecule has 0 spiro atoms. The number of ether oxygens (including phenoxy) is 4. The van der Waals surface area contributed by atoms with Gasteiger partial charge in [-0.25, -0.2) is 37.9 Å². The minimum Gasteiger partial charge on any atom is -0.387 e. The van der Waals surface area contributed by atoms with E-state index in [4.69, 9.17) is 54.2 Å². The molecule has 42 heteroatoms. The first-order valence-corrected chi connectivity index (χ1v) is 27.9. The van der Waals surface area contributed by atoms with Gasteiger partial charge in [-0.3, -0.25) is 56.0 Å². The fourth-order valence-electron chi connectivity index (χ4n) is 8.47. The molecule has 6 aromatic rings. The lowest BCUT2D eigenvalue weighted by atomic mass is 10.1. The standard InChI is InChI=1S/C33H45N15O23P4/c1-45-9-48(26-16(45)28(54)44-33(36)42-26)30-20(52)18(50)12(68-30)4-66-75(61,62)71-73(57,58)10-72(55,56)64-5-13-21(22(63-2)31(69-13)46-7-39-14-23(34)37-6-38-24(14)46)70-74(59,60)65-3-11-17(49)19(51)29(67-11)47-8-40-15-25(47)41-32(35)43-27(15)53/h6-9,11-13,17-22,29-31,49-52H,3-5,10H2,1-2H3,(H11-,34,35,36,37,38,41,42,43,44,53,54,55,56,57,58,59,60,61,62)/p+1. The highest BCUT2D eigenvalue weighted by Gasteiger charge is 2.53. The number of fused-ring (bicyclic) bond motifs is 3. The van der Waals surface area contributed by atoms with Gasteiger partial charge < -0.3 is 80.7 Å². The second kappa shape index (κ2) is 20.4. The van der Waals surface area contributed by atoms with Crippen LogP contribution >= 0.6 is 30.8 Å². The maximum absolute atomic E-state index is 13.7. The minimum atomic E-state index is -5.72. The van der Waals surface area contributed by atoms with E-state index in [0.29, 0.717) is 0 Å². The van der Waals surface area contributed by atoms with Gasteiger partial charge in [0.15, 0.2) is 47.3 Å². The minimum absolute atomic E-state index is 0.0103. The van der Waals surface area contributed by atoms with Crippen LogP contribution < -0.4 is 32.9 Å². The van der Waals surface area contributed by atoms with Crippen LogP contribution in [0.15, 0.2) is 34.9 Å². The van der Waals surface area contributed by atoms with Crippen LogP contribution in [0, 0.1) is 0 Å². The fraction of sp³-hybridized carbons (Fsp3) is 0.545. The van der Waals surface area contributed by atoms with E-state index in [2.05, 4.69) is 44.2 Å². The van der Waals surface area contributed by atoms with Crippen LogP contribution in [0.4, 0.5) is 17.7 Å². The lowest BCUT2D eigenvalue weighted by molar-refractivity contribution is -0.745. The number of hydrogen-bond acceptors (Lipinski definition) is 28.